The number of hydrogen-bond acceptors (Lipinski definition) is 6. The zero-order chi connectivity index (χ0) is 33.4. The number of aliphatic hydroxyl groups is 1. The molecule has 0 aliphatic heterocycles. The quantitative estimate of drug-likeness (QED) is 0.158. The Morgan fingerprint density at radius 3 is 2.07 bits per heavy atom. The summed E-state index contributed by atoms with van der Waals surface area (Å²) in [7, 11) is 0. The molecule has 9 nitrogen and oxygen atoms in total. The lowest BCUT2D eigenvalue weighted by molar-refractivity contribution is -0.131. The highest BCUT2D eigenvalue weighted by Gasteiger charge is 2.32. The number of carbonyl (C=O) groups is 3. The minimum absolute atomic E-state index is 0.240. The van der Waals surface area contributed by atoms with Gasteiger partial charge < -0.3 is 31.1 Å². The molecule has 46 heavy (non-hydrogen) atoms. The smallest absolute Gasteiger partial charge is 0.408 e. The van der Waals surface area contributed by atoms with Gasteiger partial charge in [0.25, 0.3) is 0 Å². The standard InChI is InChI=1S/C37H56N4O5/c1-5-6-22-30(39-35(44)32(24-28-18-12-8-13-19-28)41-36(45)46-37(2,3)4)34(43)40-31(23-27-16-10-7-11-17-27)33(42)26-38-25-29-20-14-9-15-21-29/h8-9,12-15,18-21,27,30-33,38,42H,5-7,10-11,16-17,22-26H2,1-4H3,(H,39,44)(H,40,43)(H,41,45). The molecule has 9 heteroatoms. The molecule has 4 atom stereocenters. The molecular formula is C37H56N4O5. The van der Waals surface area contributed by atoms with Crippen molar-refractivity contribution in [3.63, 3.8) is 0 Å². The van der Waals surface area contributed by atoms with Crippen LogP contribution in [0, 0.1) is 5.92 Å². The molecule has 2 aromatic rings. The van der Waals surface area contributed by atoms with Gasteiger partial charge in [0.2, 0.25) is 11.8 Å². The van der Waals surface area contributed by atoms with E-state index in [0.29, 0.717) is 31.8 Å². The molecule has 1 aliphatic carbocycles. The topological polar surface area (TPSA) is 129 Å². The Balaban J connectivity index is 1.72. The fourth-order valence-corrected chi connectivity index (χ4v) is 5.94. The van der Waals surface area contributed by atoms with E-state index in [9.17, 15) is 19.5 Å². The minimum atomic E-state index is -0.944. The second kappa shape index (κ2) is 19.3. The van der Waals surface area contributed by atoms with Crippen LogP contribution in [-0.4, -0.2) is 59.4 Å². The van der Waals surface area contributed by atoms with E-state index in [-0.39, 0.29) is 12.3 Å². The summed E-state index contributed by atoms with van der Waals surface area (Å²) >= 11 is 0. The molecular weight excluding hydrogens is 580 g/mol. The minimum Gasteiger partial charge on any atom is -0.444 e. The van der Waals surface area contributed by atoms with Crippen LogP contribution in [0.5, 0.6) is 0 Å². The fraction of sp³-hybridized carbons (Fsp3) is 0.595. The summed E-state index contributed by atoms with van der Waals surface area (Å²) in [6, 6.07) is 17.2. The maximum Gasteiger partial charge on any atom is 0.408 e. The first-order valence-corrected chi connectivity index (χ1v) is 17.1. The van der Waals surface area contributed by atoms with Crippen LogP contribution in [0.1, 0.15) is 96.6 Å². The van der Waals surface area contributed by atoms with Gasteiger partial charge in [-0.25, -0.2) is 4.79 Å². The third kappa shape index (κ3) is 13.9. The van der Waals surface area contributed by atoms with Crippen LogP contribution in [0.3, 0.4) is 0 Å². The maximum absolute atomic E-state index is 13.9. The predicted octanol–water partition coefficient (Wildman–Crippen LogP) is 5.40. The fourth-order valence-electron chi connectivity index (χ4n) is 5.94. The van der Waals surface area contributed by atoms with Crippen molar-refractivity contribution in [2.24, 2.45) is 5.92 Å². The van der Waals surface area contributed by atoms with Gasteiger partial charge in [-0.15, -0.1) is 0 Å². The van der Waals surface area contributed by atoms with Gasteiger partial charge >= 0.3 is 6.09 Å². The number of rotatable bonds is 17. The van der Waals surface area contributed by atoms with Crippen molar-refractivity contribution in [2.75, 3.05) is 6.54 Å². The third-order valence-corrected chi connectivity index (χ3v) is 8.40. The Hall–Kier alpha value is -3.43. The number of benzene rings is 2. The van der Waals surface area contributed by atoms with Gasteiger partial charge in [-0.1, -0.05) is 113 Å². The van der Waals surface area contributed by atoms with Crippen molar-refractivity contribution in [3.05, 3.63) is 71.8 Å². The zero-order valence-corrected chi connectivity index (χ0v) is 28.2. The van der Waals surface area contributed by atoms with E-state index in [4.69, 9.17) is 4.74 Å². The van der Waals surface area contributed by atoms with Crippen molar-refractivity contribution >= 4 is 17.9 Å². The molecule has 0 heterocycles. The van der Waals surface area contributed by atoms with Gasteiger partial charge in [-0.05, 0) is 50.7 Å². The molecule has 1 fully saturated rings. The second-order valence-corrected chi connectivity index (χ2v) is 13.6. The predicted molar refractivity (Wildman–Crippen MR) is 182 cm³/mol. The van der Waals surface area contributed by atoms with Gasteiger partial charge in [-0.3, -0.25) is 9.59 Å². The highest BCUT2D eigenvalue weighted by atomic mass is 16.6. The molecule has 1 aliphatic rings. The van der Waals surface area contributed by atoms with E-state index in [1.165, 1.54) is 6.42 Å². The van der Waals surface area contributed by atoms with Crippen LogP contribution in [0.2, 0.25) is 0 Å². The summed E-state index contributed by atoms with van der Waals surface area (Å²) in [6.45, 7) is 8.27. The third-order valence-electron chi connectivity index (χ3n) is 8.40. The second-order valence-electron chi connectivity index (χ2n) is 13.6. The average Bonchev–Trinajstić information content (AvgIpc) is 3.02. The first-order chi connectivity index (χ1) is 22.0. The summed E-state index contributed by atoms with van der Waals surface area (Å²) in [5.41, 5.74) is 1.26. The van der Waals surface area contributed by atoms with Crippen LogP contribution in [0.25, 0.3) is 0 Å². The Morgan fingerprint density at radius 1 is 0.848 bits per heavy atom. The Bertz CT molecular complexity index is 1180. The molecule has 0 radical (unpaired) electrons. The highest BCUT2D eigenvalue weighted by Crippen LogP contribution is 2.28. The number of carbonyl (C=O) groups excluding carboxylic acids is 3. The SMILES string of the molecule is CCCCC(NC(=O)C(Cc1ccccc1)NC(=O)OC(C)(C)C)C(=O)NC(CC1CCCCC1)C(O)CNCc1ccccc1. The molecule has 3 amide bonds. The lowest BCUT2D eigenvalue weighted by Gasteiger charge is -2.32. The van der Waals surface area contributed by atoms with E-state index in [1.54, 1.807) is 20.8 Å². The first-order valence-electron chi connectivity index (χ1n) is 17.1. The number of aliphatic hydroxyl groups excluding tert-OH is 1. The molecule has 5 N–H and O–H groups in total. The molecule has 0 saturated heterocycles. The van der Waals surface area contributed by atoms with Gasteiger partial charge in [0.1, 0.15) is 17.7 Å². The van der Waals surface area contributed by atoms with Gasteiger partial charge in [0.15, 0.2) is 0 Å². The summed E-state index contributed by atoms with van der Waals surface area (Å²) in [5, 5.41) is 23.4. The monoisotopic (exact) mass is 636 g/mol. The number of nitrogens with one attached hydrogen (secondary N) is 4. The van der Waals surface area contributed by atoms with Crippen molar-refractivity contribution < 1.29 is 24.2 Å². The number of ether oxygens (including phenoxy) is 1. The maximum atomic E-state index is 13.9. The average molecular weight is 637 g/mol. The molecule has 4 unspecified atom stereocenters. The lowest BCUT2D eigenvalue weighted by atomic mass is 9.83. The number of alkyl carbamates (subject to hydrolysis) is 1. The van der Waals surface area contributed by atoms with E-state index in [1.807, 2.05) is 67.6 Å². The van der Waals surface area contributed by atoms with Crippen LogP contribution in [0.15, 0.2) is 60.7 Å². The molecule has 0 aromatic heterocycles. The van der Waals surface area contributed by atoms with Crippen molar-refractivity contribution in [1.82, 2.24) is 21.3 Å². The van der Waals surface area contributed by atoms with E-state index in [2.05, 4.69) is 21.3 Å². The van der Waals surface area contributed by atoms with Gasteiger partial charge in [0, 0.05) is 19.5 Å². The van der Waals surface area contributed by atoms with Crippen LogP contribution < -0.4 is 21.3 Å². The van der Waals surface area contributed by atoms with Crippen LogP contribution in [-0.2, 0) is 27.3 Å². The normalized spacial score (nSPS) is 16.5. The van der Waals surface area contributed by atoms with Crippen molar-refractivity contribution in [3.8, 4) is 0 Å². The van der Waals surface area contributed by atoms with E-state index < -0.39 is 41.8 Å². The lowest BCUT2D eigenvalue weighted by Crippen LogP contribution is -2.57. The largest absolute Gasteiger partial charge is 0.444 e. The molecule has 0 bridgehead atoms. The van der Waals surface area contributed by atoms with Crippen molar-refractivity contribution in [2.45, 2.75) is 128 Å². The van der Waals surface area contributed by atoms with Gasteiger partial charge in [0.05, 0.1) is 12.1 Å². The molecule has 2 aromatic carbocycles. The van der Waals surface area contributed by atoms with E-state index >= 15 is 0 Å². The summed E-state index contributed by atoms with van der Waals surface area (Å²) in [5.74, 6) is -0.347. The highest BCUT2D eigenvalue weighted by molar-refractivity contribution is 5.91. The molecule has 254 valence electrons. The number of hydrogen-bond donors (Lipinski definition) is 5. The Kier molecular flexibility index (Phi) is 15.5. The van der Waals surface area contributed by atoms with E-state index in [0.717, 1.165) is 49.7 Å². The van der Waals surface area contributed by atoms with Crippen LogP contribution in [0.4, 0.5) is 4.79 Å². The summed E-state index contributed by atoms with van der Waals surface area (Å²) in [4.78, 5) is 40.3. The molecule has 3 rings (SSSR count). The molecule has 0 spiro atoms. The molecule has 1 saturated carbocycles. The number of amides is 3. The van der Waals surface area contributed by atoms with Crippen LogP contribution >= 0.6 is 0 Å². The first kappa shape index (κ1) is 37.0. The van der Waals surface area contributed by atoms with Gasteiger partial charge in [-0.2, -0.15) is 0 Å². The Labute approximate surface area is 275 Å². The zero-order valence-electron chi connectivity index (χ0n) is 28.2. The number of unbranched alkanes of at least 4 members (excludes halogenated alkanes) is 1. The van der Waals surface area contributed by atoms with Crippen molar-refractivity contribution in [1.29, 1.82) is 0 Å². The summed E-state index contributed by atoms with van der Waals surface area (Å²) < 4.78 is 5.44. The Morgan fingerprint density at radius 2 is 1.46 bits per heavy atom. The summed E-state index contributed by atoms with van der Waals surface area (Å²) in [6.07, 6.45) is 7.18.